The predicted octanol–water partition coefficient (Wildman–Crippen LogP) is 2.91. The number of sulfonamides is 1. The van der Waals surface area contributed by atoms with Gasteiger partial charge in [0, 0.05) is 0 Å². The minimum absolute atomic E-state index is 0.0323. The summed E-state index contributed by atoms with van der Waals surface area (Å²) in [6, 6.07) is 4.08. The molecule has 2 rings (SSSR count). The number of furan rings is 1. The Morgan fingerprint density at radius 1 is 1.20 bits per heavy atom. The van der Waals surface area contributed by atoms with Gasteiger partial charge in [0.2, 0.25) is 5.88 Å². The van der Waals surface area contributed by atoms with Gasteiger partial charge in [-0.25, -0.2) is 22.3 Å². The molecule has 0 saturated heterocycles. The van der Waals surface area contributed by atoms with E-state index in [9.17, 15) is 22.4 Å². The Kier molecular flexibility index (Phi) is 5.27. The average Bonchev–Trinajstić information content (AvgIpc) is 2.83. The zero-order valence-electron chi connectivity index (χ0n) is 13.8. The fourth-order valence-electron chi connectivity index (χ4n) is 2.23. The van der Waals surface area contributed by atoms with E-state index in [0.29, 0.717) is 0 Å². The lowest BCUT2D eigenvalue weighted by Gasteiger charge is -2.08. The number of ketones is 1. The smallest absolute Gasteiger partial charge is 0.344 e. The molecular weight excluding hydrogens is 353 g/mol. The molecule has 0 saturated carbocycles. The van der Waals surface area contributed by atoms with Crippen molar-refractivity contribution in [3.8, 4) is 0 Å². The molecule has 1 heterocycles. The summed E-state index contributed by atoms with van der Waals surface area (Å²) in [7, 11) is -4.16. The number of hydrogen-bond acceptors (Lipinski definition) is 6. The van der Waals surface area contributed by atoms with E-state index in [4.69, 9.17) is 9.15 Å². The van der Waals surface area contributed by atoms with Gasteiger partial charge < -0.3 is 9.15 Å². The lowest BCUT2D eigenvalue weighted by Crippen LogP contribution is -2.16. The number of ether oxygens (including phenoxy) is 1. The summed E-state index contributed by atoms with van der Waals surface area (Å²) >= 11 is 0. The van der Waals surface area contributed by atoms with E-state index < -0.39 is 33.5 Å². The van der Waals surface area contributed by atoms with E-state index in [2.05, 4.69) is 4.72 Å². The lowest BCUT2D eigenvalue weighted by atomic mass is 10.1. The van der Waals surface area contributed by atoms with Crippen LogP contribution in [0.4, 0.5) is 10.3 Å². The van der Waals surface area contributed by atoms with Crippen molar-refractivity contribution in [2.45, 2.75) is 25.7 Å². The molecule has 1 aromatic heterocycles. The molecule has 1 N–H and O–H groups in total. The topological polar surface area (TPSA) is 103 Å². The van der Waals surface area contributed by atoms with Crippen LogP contribution < -0.4 is 4.72 Å². The van der Waals surface area contributed by atoms with Gasteiger partial charge in [0.25, 0.3) is 10.0 Å². The largest absolute Gasteiger partial charge is 0.462 e. The van der Waals surface area contributed by atoms with Gasteiger partial charge in [0.1, 0.15) is 17.1 Å². The van der Waals surface area contributed by atoms with Crippen LogP contribution in [0.3, 0.4) is 0 Å². The molecule has 7 nitrogen and oxygen atoms in total. The van der Waals surface area contributed by atoms with Crippen molar-refractivity contribution in [1.82, 2.24) is 0 Å². The molecule has 0 aliphatic rings. The number of hydrogen-bond donors (Lipinski definition) is 1. The summed E-state index contributed by atoms with van der Waals surface area (Å²) in [6.45, 7) is 4.25. The van der Waals surface area contributed by atoms with Crippen LogP contribution in [0.5, 0.6) is 0 Å². The van der Waals surface area contributed by atoms with Crippen LogP contribution in [-0.4, -0.2) is 26.8 Å². The second-order valence-electron chi connectivity index (χ2n) is 5.07. The summed E-state index contributed by atoms with van der Waals surface area (Å²) in [5.74, 6) is -2.31. The number of benzene rings is 1. The molecule has 0 bridgehead atoms. The molecule has 0 fully saturated rings. The Morgan fingerprint density at radius 3 is 2.32 bits per heavy atom. The standard InChI is InChI=1S/C16H16FNO6S/c1-4-23-16(20)14-13(9(2)19)10(3)24-15(14)18-25(21,22)12-7-5-11(17)6-8-12/h5-8,18H,4H2,1-3H3. The molecule has 2 aromatic rings. The number of rotatable bonds is 6. The molecule has 1 aromatic carbocycles. The van der Waals surface area contributed by atoms with E-state index in [1.165, 1.54) is 13.8 Å². The van der Waals surface area contributed by atoms with Gasteiger partial charge in [-0.3, -0.25) is 4.79 Å². The van der Waals surface area contributed by atoms with Crippen molar-refractivity contribution in [3.63, 3.8) is 0 Å². The number of Topliss-reactive ketones (excluding diaryl/α,β-unsaturated/α-hetero) is 1. The van der Waals surface area contributed by atoms with Gasteiger partial charge in [0.15, 0.2) is 5.78 Å². The number of nitrogens with one attached hydrogen (secondary N) is 1. The number of carbonyl (C=O) groups is 2. The molecule has 0 aliphatic carbocycles. The molecule has 0 unspecified atom stereocenters. The lowest BCUT2D eigenvalue weighted by molar-refractivity contribution is 0.0524. The van der Waals surface area contributed by atoms with Crippen LogP contribution in [-0.2, 0) is 14.8 Å². The fourth-order valence-corrected chi connectivity index (χ4v) is 3.23. The minimum atomic E-state index is -4.16. The van der Waals surface area contributed by atoms with Gasteiger partial charge in [-0.05, 0) is 45.0 Å². The summed E-state index contributed by atoms with van der Waals surface area (Å²) in [6.07, 6.45) is 0. The van der Waals surface area contributed by atoms with Gasteiger partial charge in [-0.2, -0.15) is 0 Å². The fraction of sp³-hybridized carbons (Fsp3) is 0.250. The van der Waals surface area contributed by atoms with E-state index in [-0.39, 0.29) is 28.4 Å². The first-order valence-electron chi connectivity index (χ1n) is 7.27. The average molecular weight is 369 g/mol. The maximum Gasteiger partial charge on any atom is 0.344 e. The number of esters is 1. The molecule has 0 amide bonds. The second kappa shape index (κ2) is 7.06. The maximum absolute atomic E-state index is 13.0. The maximum atomic E-state index is 13.0. The quantitative estimate of drug-likeness (QED) is 0.620. The normalized spacial score (nSPS) is 11.2. The van der Waals surface area contributed by atoms with Crippen molar-refractivity contribution in [2.24, 2.45) is 0 Å². The van der Waals surface area contributed by atoms with E-state index >= 15 is 0 Å². The van der Waals surface area contributed by atoms with Crippen molar-refractivity contribution in [3.05, 3.63) is 47.0 Å². The van der Waals surface area contributed by atoms with Crippen LogP contribution in [0.2, 0.25) is 0 Å². The highest BCUT2D eigenvalue weighted by Gasteiger charge is 2.30. The number of anilines is 1. The van der Waals surface area contributed by atoms with E-state index in [1.807, 2.05) is 0 Å². The highest BCUT2D eigenvalue weighted by molar-refractivity contribution is 7.92. The van der Waals surface area contributed by atoms with Crippen LogP contribution >= 0.6 is 0 Å². The Morgan fingerprint density at radius 2 is 1.80 bits per heavy atom. The third-order valence-electron chi connectivity index (χ3n) is 3.27. The molecular formula is C16H16FNO6S. The van der Waals surface area contributed by atoms with Gasteiger partial charge >= 0.3 is 5.97 Å². The van der Waals surface area contributed by atoms with Gasteiger partial charge in [0.05, 0.1) is 17.1 Å². The molecule has 9 heteroatoms. The number of aryl methyl sites for hydroxylation is 1. The van der Waals surface area contributed by atoms with Crippen molar-refractivity contribution >= 4 is 27.7 Å². The molecule has 0 spiro atoms. The van der Waals surface area contributed by atoms with Crippen LogP contribution in [0.1, 0.15) is 40.3 Å². The van der Waals surface area contributed by atoms with Crippen molar-refractivity contribution < 1.29 is 31.6 Å². The first-order chi connectivity index (χ1) is 11.7. The SMILES string of the molecule is CCOC(=O)c1c(NS(=O)(=O)c2ccc(F)cc2)oc(C)c1C(C)=O. The van der Waals surface area contributed by atoms with Crippen molar-refractivity contribution in [2.75, 3.05) is 11.3 Å². The predicted molar refractivity (Wildman–Crippen MR) is 86.6 cm³/mol. The highest BCUT2D eigenvalue weighted by atomic mass is 32.2. The zero-order valence-corrected chi connectivity index (χ0v) is 14.6. The van der Waals surface area contributed by atoms with Crippen LogP contribution in [0.15, 0.2) is 33.6 Å². The number of halogens is 1. The second-order valence-corrected chi connectivity index (χ2v) is 6.76. The van der Waals surface area contributed by atoms with Crippen molar-refractivity contribution in [1.29, 1.82) is 0 Å². The molecule has 25 heavy (non-hydrogen) atoms. The highest BCUT2D eigenvalue weighted by Crippen LogP contribution is 2.30. The monoisotopic (exact) mass is 369 g/mol. The zero-order chi connectivity index (χ0) is 18.8. The summed E-state index contributed by atoms with van der Waals surface area (Å²) in [4.78, 5) is 23.7. The molecule has 0 atom stereocenters. The first-order valence-corrected chi connectivity index (χ1v) is 8.75. The Labute approximate surface area is 143 Å². The Bertz CT molecular complexity index is 915. The summed E-state index contributed by atoms with van der Waals surface area (Å²) in [5.41, 5.74) is -0.354. The van der Waals surface area contributed by atoms with E-state index in [1.54, 1.807) is 6.92 Å². The molecule has 0 aliphatic heterocycles. The van der Waals surface area contributed by atoms with Gasteiger partial charge in [-0.15, -0.1) is 0 Å². The summed E-state index contributed by atoms with van der Waals surface area (Å²) < 4.78 is 50.0. The minimum Gasteiger partial charge on any atom is -0.462 e. The van der Waals surface area contributed by atoms with Crippen LogP contribution in [0.25, 0.3) is 0 Å². The Balaban J connectivity index is 2.52. The third-order valence-corrected chi connectivity index (χ3v) is 4.61. The Hall–Kier alpha value is -2.68. The van der Waals surface area contributed by atoms with Gasteiger partial charge in [-0.1, -0.05) is 0 Å². The first kappa shape index (κ1) is 18.7. The third kappa shape index (κ3) is 3.87. The molecule has 0 radical (unpaired) electrons. The van der Waals surface area contributed by atoms with E-state index in [0.717, 1.165) is 24.3 Å². The molecule has 134 valence electrons. The number of carbonyl (C=O) groups excluding carboxylic acids is 2. The van der Waals surface area contributed by atoms with Crippen LogP contribution in [0, 0.1) is 12.7 Å². The summed E-state index contributed by atoms with van der Waals surface area (Å²) in [5, 5.41) is 0.